The molecule has 3 aromatic heterocycles. The van der Waals surface area contributed by atoms with Crippen molar-refractivity contribution in [3.8, 4) is 22.6 Å². The van der Waals surface area contributed by atoms with Crippen LogP contribution in [0.4, 0.5) is 13.2 Å². The summed E-state index contributed by atoms with van der Waals surface area (Å²) in [5, 5.41) is 0. The van der Waals surface area contributed by atoms with E-state index in [4.69, 9.17) is 0 Å². The number of H-pyrrole nitrogens is 1. The van der Waals surface area contributed by atoms with E-state index in [1.54, 1.807) is 30.7 Å². The van der Waals surface area contributed by atoms with E-state index in [0.29, 0.717) is 28.1 Å². The molecular weight excluding hydrogens is 329 g/mol. The molecule has 1 aromatic carbocycles. The molecule has 25 heavy (non-hydrogen) atoms. The number of rotatable bonds is 2. The number of fused-ring (bicyclic) bond motifs is 1. The van der Waals surface area contributed by atoms with Crippen molar-refractivity contribution < 1.29 is 13.2 Å². The smallest absolute Gasteiger partial charge is 0.338 e. The third-order valence-corrected chi connectivity index (χ3v) is 3.81. The average Bonchev–Trinajstić information content (AvgIpc) is 3.05. The summed E-state index contributed by atoms with van der Waals surface area (Å²) in [7, 11) is 0. The highest BCUT2D eigenvalue weighted by atomic mass is 19.4. The molecule has 4 aromatic rings. The predicted octanol–water partition coefficient (Wildman–Crippen LogP) is 4.71. The minimum atomic E-state index is -4.39. The summed E-state index contributed by atoms with van der Waals surface area (Å²) in [5.74, 6) is 0.460. The summed E-state index contributed by atoms with van der Waals surface area (Å²) >= 11 is 0. The lowest BCUT2D eigenvalue weighted by Gasteiger charge is -2.05. The first-order chi connectivity index (χ1) is 12.0. The molecule has 7 heteroatoms. The van der Waals surface area contributed by atoms with E-state index in [9.17, 15) is 13.2 Å². The van der Waals surface area contributed by atoms with Crippen LogP contribution < -0.4 is 0 Å². The molecule has 3 heterocycles. The van der Waals surface area contributed by atoms with Gasteiger partial charge in [-0.1, -0.05) is 0 Å². The van der Waals surface area contributed by atoms with Crippen molar-refractivity contribution in [2.75, 3.05) is 0 Å². The number of nitrogens with one attached hydrogen (secondary N) is 1. The van der Waals surface area contributed by atoms with Crippen LogP contribution in [0.1, 0.15) is 5.56 Å². The van der Waals surface area contributed by atoms with E-state index in [1.807, 2.05) is 12.1 Å². The number of aromatic amines is 1. The highest BCUT2D eigenvalue weighted by Crippen LogP contribution is 2.33. The molecule has 0 saturated carbocycles. The first-order valence-electron chi connectivity index (χ1n) is 7.45. The molecule has 0 unspecified atom stereocenters. The first-order valence-corrected chi connectivity index (χ1v) is 7.45. The maximum Gasteiger partial charge on any atom is 0.416 e. The zero-order chi connectivity index (χ0) is 17.4. The van der Waals surface area contributed by atoms with Crippen LogP contribution >= 0.6 is 0 Å². The molecule has 0 amide bonds. The van der Waals surface area contributed by atoms with Gasteiger partial charge in [-0.15, -0.1) is 0 Å². The van der Waals surface area contributed by atoms with Gasteiger partial charge >= 0.3 is 6.18 Å². The van der Waals surface area contributed by atoms with Gasteiger partial charge in [0.15, 0.2) is 0 Å². The number of benzene rings is 1. The highest BCUT2D eigenvalue weighted by molar-refractivity contribution is 5.84. The van der Waals surface area contributed by atoms with Crippen LogP contribution in [0, 0.1) is 0 Å². The van der Waals surface area contributed by atoms with Crippen molar-refractivity contribution in [3.63, 3.8) is 0 Å². The van der Waals surface area contributed by atoms with Gasteiger partial charge in [0, 0.05) is 29.7 Å². The number of imidazole rings is 1. The molecule has 1 N–H and O–H groups in total. The molecular formula is C18H11F3N4. The van der Waals surface area contributed by atoms with Gasteiger partial charge in [0.1, 0.15) is 5.82 Å². The second kappa shape index (κ2) is 5.70. The maximum absolute atomic E-state index is 12.9. The first kappa shape index (κ1) is 15.3. The standard InChI is InChI=1S/C18H11F3N4/c19-18(20,21)12-5-6-14-15(9-12)25-17(24-14)13-4-2-8-23-16(13)11-3-1-7-22-10-11/h1-10H,(H,24,25). The van der Waals surface area contributed by atoms with Gasteiger partial charge in [0.05, 0.1) is 22.3 Å². The molecule has 0 radical (unpaired) electrons. The molecule has 0 fully saturated rings. The third kappa shape index (κ3) is 2.84. The molecule has 4 rings (SSSR count). The fourth-order valence-electron chi connectivity index (χ4n) is 2.64. The van der Waals surface area contributed by atoms with Crippen LogP contribution in [0.2, 0.25) is 0 Å². The van der Waals surface area contributed by atoms with Gasteiger partial charge in [-0.25, -0.2) is 4.98 Å². The highest BCUT2D eigenvalue weighted by Gasteiger charge is 2.30. The van der Waals surface area contributed by atoms with E-state index >= 15 is 0 Å². The second-order valence-electron chi connectivity index (χ2n) is 5.46. The van der Waals surface area contributed by atoms with Gasteiger partial charge in [0.2, 0.25) is 0 Å². The zero-order valence-corrected chi connectivity index (χ0v) is 12.7. The molecule has 0 saturated heterocycles. The topological polar surface area (TPSA) is 54.5 Å². The van der Waals surface area contributed by atoms with E-state index in [2.05, 4.69) is 19.9 Å². The van der Waals surface area contributed by atoms with Crippen LogP contribution in [0.3, 0.4) is 0 Å². The number of alkyl halides is 3. The van der Waals surface area contributed by atoms with Gasteiger partial charge in [0.25, 0.3) is 0 Å². The summed E-state index contributed by atoms with van der Waals surface area (Å²) in [5.41, 5.74) is 2.23. The van der Waals surface area contributed by atoms with E-state index in [1.165, 1.54) is 6.07 Å². The van der Waals surface area contributed by atoms with Crippen molar-refractivity contribution in [2.24, 2.45) is 0 Å². The number of nitrogens with zero attached hydrogens (tertiary/aromatic N) is 3. The van der Waals surface area contributed by atoms with Crippen LogP contribution in [0.15, 0.2) is 61.1 Å². The number of hydrogen-bond donors (Lipinski definition) is 1. The summed E-state index contributed by atoms with van der Waals surface area (Å²) in [4.78, 5) is 15.8. The summed E-state index contributed by atoms with van der Waals surface area (Å²) in [6.07, 6.45) is 0.590. The molecule has 4 nitrogen and oxygen atoms in total. The van der Waals surface area contributed by atoms with Gasteiger partial charge < -0.3 is 4.98 Å². The third-order valence-electron chi connectivity index (χ3n) is 3.81. The SMILES string of the molecule is FC(F)(F)c1ccc2nc(-c3cccnc3-c3cccnc3)[nH]c2c1. The van der Waals surface area contributed by atoms with Gasteiger partial charge in [-0.2, -0.15) is 13.2 Å². The van der Waals surface area contributed by atoms with Gasteiger partial charge in [-0.3, -0.25) is 9.97 Å². The Bertz CT molecular complexity index is 1040. The van der Waals surface area contributed by atoms with Crippen LogP contribution in [-0.4, -0.2) is 19.9 Å². The summed E-state index contributed by atoms with van der Waals surface area (Å²) in [6, 6.07) is 10.7. The van der Waals surface area contributed by atoms with Crippen molar-refractivity contribution in [1.82, 2.24) is 19.9 Å². The fourth-order valence-corrected chi connectivity index (χ4v) is 2.64. The molecule has 0 aliphatic heterocycles. The largest absolute Gasteiger partial charge is 0.416 e. The van der Waals surface area contributed by atoms with E-state index in [0.717, 1.165) is 17.7 Å². The predicted molar refractivity (Wildman–Crippen MR) is 87.6 cm³/mol. The Hall–Kier alpha value is -3.22. The Balaban J connectivity index is 1.86. The molecule has 0 atom stereocenters. The lowest BCUT2D eigenvalue weighted by Crippen LogP contribution is -2.04. The van der Waals surface area contributed by atoms with Crippen LogP contribution in [-0.2, 0) is 6.18 Å². The number of hydrogen-bond acceptors (Lipinski definition) is 3. The fraction of sp³-hybridized carbons (Fsp3) is 0.0556. The molecule has 124 valence electrons. The minimum Gasteiger partial charge on any atom is -0.338 e. The zero-order valence-electron chi connectivity index (χ0n) is 12.7. The number of halogens is 3. The normalized spacial score (nSPS) is 11.8. The monoisotopic (exact) mass is 340 g/mol. The summed E-state index contributed by atoms with van der Waals surface area (Å²) in [6.45, 7) is 0. The number of pyridine rings is 2. The Morgan fingerprint density at radius 3 is 2.56 bits per heavy atom. The van der Waals surface area contributed by atoms with Crippen molar-refractivity contribution in [2.45, 2.75) is 6.18 Å². The van der Waals surface area contributed by atoms with Crippen molar-refractivity contribution >= 4 is 11.0 Å². The Morgan fingerprint density at radius 1 is 0.960 bits per heavy atom. The quantitative estimate of drug-likeness (QED) is 0.575. The average molecular weight is 340 g/mol. The van der Waals surface area contributed by atoms with Crippen LogP contribution in [0.25, 0.3) is 33.7 Å². The molecule has 0 aliphatic rings. The van der Waals surface area contributed by atoms with Gasteiger partial charge in [-0.05, 0) is 42.5 Å². The van der Waals surface area contributed by atoms with E-state index in [-0.39, 0.29) is 0 Å². The maximum atomic E-state index is 12.9. The summed E-state index contributed by atoms with van der Waals surface area (Å²) < 4.78 is 38.6. The van der Waals surface area contributed by atoms with Crippen molar-refractivity contribution in [1.29, 1.82) is 0 Å². The van der Waals surface area contributed by atoms with Crippen molar-refractivity contribution in [3.05, 3.63) is 66.6 Å². The Kier molecular flexibility index (Phi) is 3.49. The lowest BCUT2D eigenvalue weighted by molar-refractivity contribution is -0.137. The Morgan fingerprint density at radius 2 is 1.80 bits per heavy atom. The minimum absolute atomic E-state index is 0.325. The molecule has 0 bridgehead atoms. The number of aromatic nitrogens is 4. The Labute approximate surface area is 140 Å². The van der Waals surface area contributed by atoms with E-state index < -0.39 is 11.7 Å². The van der Waals surface area contributed by atoms with Crippen LogP contribution in [0.5, 0.6) is 0 Å². The lowest BCUT2D eigenvalue weighted by atomic mass is 10.1. The molecule has 0 spiro atoms. The molecule has 0 aliphatic carbocycles. The second-order valence-corrected chi connectivity index (χ2v) is 5.46.